The number of carbonyl (C=O) groups is 1. The van der Waals surface area contributed by atoms with Gasteiger partial charge in [0.1, 0.15) is 0 Å². The van der Waals surface area contributed by atoms with Gasteiger partial charge >= 0.3 is 0 Å². The molecule has 1 saturated heterocycles. The Morgan fingerprint density at radius 2 is 2.00 bits per heavy atom. The van der Waals surface area contributed by atoms with Crippen molar-refractivity contribution in [3.05, 3.63) is 69.1 Å². The van der Waals surface area contributed by atoms with Gasteiger partial charge in [0.25, 0.3) is 5.56 Å². The first-order valence-electron chi connectivity index (χ1n) is 9.94. The van der Waals surface area contributed by atoms with Crippen molar-refractivity contribution in [1.82, 2.24) is 14.4 Å². The number of likely N-dealkylation sites (tertiary alicyclic amines) is 1. The van der Waals surface area contributed by atoms with Gasteiger partial charge in [-0.2, -0.15) is 0 Å². The summed E-state index contributed by atoms with van der Waals surface area (Å²) >= 11 is 3.38. The molecule has 1 aromatic carbocycles. The van der Waals surface area contributed by atoms with E-state index >= 15 is 0 Å². The molecule has 0 N–H and O–H groups in total. The fourth-order valence-corrected chi connectivity index (χ4v) is 4.37. The molecule has 1 amide bonds. The highest BCUT2D eigenvalue weighted by molar-refractivity contribution is 9.10. The largest absolute Gasteiger partial charge is 0.339 e. The van der Waals surface area contributed by atoms with Crippen molar-refractivity contribution in [1.29, 1.82) is 0 Å². The van der Waals surface area contributed by atoms with Crippen LogP contribution in [-0.4, -0.2) is 46.0 Å². The van der Waals surface area contributed by atoms with E-state index in [0.717, 1.165) is 24.0 Å². The van der Waals surface area contributed by atoms with Crippen LogP contribution >= 0.6 is 15.9 Å². The summed E-state index contributed by atoms with van der Waals surface area (Å²) < 4.78 is 2.43. The summed E-state index contributed by atoms with van der Waals surface area (Å²) in [6.07, 6.45) is 3.08. The maximum absolute atomic E-state index is 12.9. The second kappa shape index (κ2) is 9.52. The van der Waals surface area contributed by atoms with E-state index in [4.69, 9.17) is 0 Å². The summed E-state index contributed by atoms with van der Waals surface area (Å²) in [4.78, 5) is 29.2. The van der Waals surface area contributed by atoms with Crippen molar-refractivity contribution in [3.8, 4) is 0 Å². The number of nitrogens with zero attached hydrogens (tertiary/aromatic N) is 3. The van der Waals surface area contributed by atoms with Crippen molar-refractivity contribution in [2.45, 2.75) is 45.3 Å². The van der Waals surface area contributed by atoms with Crippen LogP contribution in [0.15, 0.2) is 57.9 Å². The number of hydrogen-bond acceptors (Lipinski definition) is 3. The highest BCUT2D eigenvalue weighted by atomic mass is 79.9. The molecule has 0 spiro atoms. The lowest BCUT2D eigenvalue weighted by Gasteiger charge is -2.30. The second-order valence-electron chi connectivity index (χ2n) is 7.33. The van der Waals surface area contributed by atoms with E-state index in [2.05, 4.69) is 52.0 Å². The van der Waals surface area contributed by atoms with Gasteiger partial charge in [0.15, 0.2) is 0 Å². The molecule has 2 aromatic rings. The Kier molecular flexibility index (Phi) is 7.08. The number of benzene rings is 1. The second-order valence-corrected chi connectivity index (χ2v) is 8.25. The lowest BCUT2D eigenvalue weighted by molar-refractivity contribution is -0.133. The summed E-state index contributed by atoms with van der Waals surface area (Å²) in [5.41, 5.74) is 1.23. The number of rotatable bonds is 7. The SMILES string of the molecule is CCN(C(=O)CCn1cc(Br)ccc1=O)C1CCN(C(C)c2ccccc2)C1. The molecule has 0 radical (unpaired) electrons. The molecule has 150 valence electrons. The number of aromatic nitrogens is 1. The summed E-state index contributed by atoms with van der Waals surface area (Å²) in [7, 11) is 0. The Hall–Kier alpha value is -1.92. The van der Waals surface area contributed by atoms with E-state index in [9.17, 15) is 9.59 Å². The quantitative estimate of drug-likeness (QED) is 0.652. The molecule has 28 heavy (non-hydrogen) atoms. The van der Waals surface area contributed by atoms with Crippen LogP contribution in [0.4, 0.5) is 0 Å². The topological polar surface area (TPSA) is 45.6 Å². The molecule has 0 aliphatic carbocycles. The van der Waals surface area contributed by atoms with E-state index in [-0.39, 0.29) is 17.5 Å². The maximum atomic E-state index is 12.9. The Morgan fingerprint density at radius 1 is 1.25 bits per heavy atom. The van der Waals surface area contributed by atoms with E-state index < -0.39 is 0 Å². The van der Waals surface area contributed by atoms with Crippen LogP contribution in [0.5, 0.6) is 0 Å². The zero-order valence-corrected chi connectivity index (χ0v) is 18.1. The number of pyridine rings is 1. The number of aryl methyl sites for hydroxylation is 1. The molecule has 1 aliphatic heterocycles. The zero-order valence-electron chi connectivity index (χ0n) is 16.6. The fraction of sp³-hybridized carbons (Fsp3) is 0.455. The predicted molar refractivity (Wildman–Crippen MR) is 115 cm³/mol. The first kappa shape index (κ1) is 20.8. The number of halogens is 1. The van der Waals surface area contributed by atoms with E-state index in [1.165, 1.54) is 11.6 Å². The van der Waals surface area contributed by atoms with Crippen LogP contribution in [0.1, 0.15) is 38.3 Å². The number of amides is 1. The monoisotopic (exact) mass is 445 g/mol. The zero-order chi connectivity index (χ0) is 20.1. The molecule has 1 aromatic heterocycles. The third-order valence-electron chi connectivity index (χ3n) is 5.64. The van der Waals surface area contributed by atoms with Gasteiger partial charge in [-0.05, 0) is 47.8 Å². The van der Waals surface area contributed by atoms with Gasteiger partial charge in [0, 0.05) is 61.4 Å². The minimum Gasteiger partial charge on any atom is -0.339 e. The van der Waals surface area contributed by atoms with Gasteiger partial charge in [-0.15, -0.1) is 0 Å². The third kappa shape index (κ3) is 4.92. The summed E-state index contributed by atoms with van der Waals surface area (Å²) in [5.74, 6) is 0.119. The highest BCUT2D eigenvalue weighted by Gasteiger charge is 2.32. The molecule has 2 unspecified atom stereocenters. The van der Waals surface area contributed by atoms with E-state index in [1.807, 2.05) is 17.9 Å². The van der Waals surface area contributed by atoms with Crippen molar-refractivity contribution in [2.24, 2.45) is 0 Å². The Morgan fingerprint density at radius 3 is 2.71 bits per heavy atom. The number of hydrogen-bond donors (Lipinski definition) is 0. The first-order valence-corrected chi connectivity index (χ1v) is 10.7. The van der Waals surface area contributed by atoms with Crippen molar-refractivity contribution < 1.29 is 4.79 Å². The minimum absolute atomic E-state index is 0.0808. The molecular formula is C22H28BrN3O2. The van der Waals surface area contributed by atoms with Crippen LogP contribution in [0, 0.1) is 0 Å². The van der Waals surface area contributed by atoms with E-state index in [1.54, 1.807) is 16.8 Å². The average molecular weight is 446 g/mol. The van der Waals surface area contributed by atoms with Gasteiger partial charge in [0.05, 0.1) is 0 Å². The van der Waals surface area contributed by atoms with Crippen LogP contribution < -0.4 is 5.56 Å². The lowest BCUT2D eigenvalue weighted by atomic mass is 10.1. The molecule has 1 fully saturated rings. The lowest BCUT2D eigenvalue weighted by Crippen LogP contribution is -2.42. The number of carbonyl (C=O) groups excluding carboxylic acids is 1. The molecular weight excluding hydrogens is 418 g/mol. The normalized spacial score (nSPS) is 18.2. The molecule has 5 nitrogen and oxygen atoms in total. The predicted octanol–water partition coefficient (Wildman–Crippen LogP) is 3.68. The van der Waals surface area contributed by atoms with Gasteiger partial charge < -0.3 is 9.47 Å². The average Bonchev–Trinajstić information content (AvgIpc) is 3.19. The molecule has 6 heteroatoms. The van der Waals surface area contributed by atoms with Gasteiger partial charge in [-0.25, -0.2) is 0 Å². The smallest absolute Gasteiger partial charge is 0.250 e. The molecule has 3 rings (SSSR count). The molecule has 2 atom stereocenters. The Labute approximate surface area is 175 Å². The standard InChI is InChI=1S/C22H28BrN3O2/c1-3-26(22(28)12-14-25-15-19(23)9-10-21(25)27)20-11-13-24(16-20)17(2)18-7-5-4-6-8-18/h4-10,15,17,20H,3,11-14,16H2,1-2H3. The number of likely N-dealkylation sites (N-methyl/N-ethyl adjacent to an activating group) is 1. The van der Waals surface area contributed by atoms with E-state index in [0.29, 0.717) is 25.6 Å². The van der Waals surface area contributed by atoms with Crippen molar-refractivity contribution >= 4 is 21.8 Å². The molecule has 0 saturated carbocycles. The van der Waals surface area contributed by atoms with Crippen molar-refractivity contribution in [3.63, 3.8) is 0 Å². The Balaban J connectivity index is 1.59. The molecule has 1 aliphatic rings. The van der Waals surface area contributed by atoms with Crippen molar-refractivity contribution in [2.75, 3.05) is 19.6 Å². The maximum Gasteiger partial charge on any atom is 0.250 e. The van der Waals surface area contributed by atoms with Gasteiger partial charge in [0.2, 0.25) is 5.91 Å². The molecule has 2 heterocycles. The minimum atomic E-state index is -0.0808. The fourth-order valence-electron chi connectivity index (χ4n) is 3.99. The van der Waals surface area contributed by atoms with Crippen LogP contribution in [0.25, 0.3) is 0 Å². The van der Waals surface area contributed by atoms with Crippen LogP contribution in [-0.2, 0) is 11.3 Å². The summed E-state index contributed by atoms with van der Waals surface area (Å²) in [5, 5.41) is 0. The van der Waals surface area contributed by atoms with Crippen LogP contribution in [0.2, 0.25) is 0 Å². The summed E-state index contributed by atoms with van der Waals surface area (Å²) in [6, 6.07) is 14.3. The highest BCUT2D eigenvalue weighted by Crippen LogP contribution is 2.26. The van der Waals surface area contributed by atoms with Gasteiger partial charge in [-0.1, -0.05) is 30.3 Å². The third-order valence-corrected chi connectivity index (χ3v) is 6.11. The molecule has 0 bridgehead atoms. The first-order chi connectivity index (χ1) is 13.5. The Bertz CT molecular complexity index is 852. The van der Waals surface area contributed by atoms with Gasteiger partial charge in [-0.3, -0.25) is 14.5 Å². The van der Waals surface area contributed by atoms with Crippen LogP contribution in [0.3, 0.4) is 0 Å². The summed E-state index contributed by atoms with van der Waals surface area (Å²) in [6.45, 7) is 7.26.